The first-order valence-electron chi connectivity index (χ1n) is 7.30. The average Bonchev–Trinajstić information content (AvgIpc) is 2.82. The molecule has 1 N–H and O–H groups in total. The van der Waals surface area contributed by atoms with Gasteiger partial charge in [-0.25, -0.2) is 0 Å². The van der Waals surface area contributed by atoms with Gasteiger partial charge in [0.2, 0.25) is 5.91 Å². The standard InChI is InChI=1S/C14H23NO5/c1-10-2-3-12(20-10)4-5-13(16)15-6-7-19-9-11(15)8-14(17)18/h10-12H,2-9H2,1H3,(H,17,18)/t10-,11+,12+/m1/s1. The van der Waals surface area contributed by atoms with Gasteiger partial charge in [0.15, 0.2) is 0 Å². The molecule has 0 bridgehead atoms. The van der Waals surface area contributed by atoms with E-state index in [1.54, 1.807) is 4.90 Å². The highest BCUT2D eigenvalue weighted by atomic mass is 16.5. The summed E-state index contributed by atoms with van der Waals surface area (Å²) in [6, 6.07) is -0.336. The van der Waals surface area contributed by atoms with Crippen LogP contribution in [-0.2, 0) is 19.1 Å². The maximum Gasteiger partial charge on any atom is 0.305 e. The van der Waals surface area contributed by atoms with Crippen LogP contribution in [0, 0.1) is 0 Å². The summed E-state index contributed by atoms with van der Waals surface area (Å²) in [5.74, 6) is -0.881. The fraction of sp³-hybridized carbons (Fsp3) is 0.857. The molecule has 3 atom stereocenters. The molecule has 6 heteroatoms. The molecular formula is C14H23NO5. The lowest BCUT2D eigenvalue weighted by Crippen LogP contribution is -2.49. The maximum absolute atomic E-state index is 12.3. The fourth-order valence-electron chi connectivity index (χ4n) is 2.88. The molecule has 2 aliphatic rings. The summed E-state index contributed by atoms with van der Waals surface area (Å²) in [5, 5.41) is 8.88. The Morgan fingerprint density at radius 2 is 2.15 bits per heavy atom. The lowest BCUT2D eigenvalue weighted by molar-refractivity contribution is -0.146. The highest BCUT2D eigenvalue weighted by molar-refractivity contribution is 5.77. The summed E-state index contributed by atoms with van der Waals surface area (Å²) in [4.78, 5) is 24.7. The van der Waals surface area contributed by atoms with E-state index < -0.39 is 5.97 Å². The molecule has 0 unspecified atom stereocenters. The van der Waals surface area contributed by atoms with Crippen LogP contribution in [0.3, 0.4) is 0 Å². The van der Waals surface area contributed by atoms with Gasteiger partial charge in [0.05, 0.1) is 37.9 Å². The van der Waals surface area contributed by atoms with Crippen molar-refractivity contribution >= 4 is 11.9 Å². The smallest absolute Gasteiger partial charge is 0.305 e. The van der Waals surface area contributed by atoms with Gasteiger partial charge in [0, 0.05) is 13.0 Å². The molecule has 114 valence electrons. The third-order valence-corrected chi connectivity index (χ3v) is 3.96. The molecule has 0 aromatic carbocycles. The number of carboxylic acids is 1. The van der Waals surface area contributed by atoms with E-state index in [1.807, 2.05) is 6.92 Å². The number of carboxylic acid groups (broad SMARTS) is 1. The van der Waals surface area contributed by atoms with Crippen LogP contribution in [0.25, 0.3) is 0 Å². The van der Waals surface area contributed by atoms with Crippen LogP contribution in [0.15, 0.2) is 0 Å². The molecule has 6 nitrogen and oxygen atoms in total. The summed E-state index contributed by atoms with van der Waals surface area (Å²) >= 11 is 0. The van der Waals surface area contributed by atoms with Gasteiger partial charge < -0.3 is 19.5 Å². The molecule has 2 rings (SSSR count). The topological polar surface area (TPSA) is 76.1 Å². The van der Waals surface area contributed by atoms with Gasteiger partial charge in [-0.1, -0.05) is 0 Å². The molecule has 0 aromatic rings. The minimum atomic E-state index is -0.897. The van der Waals surface area contributed by atoms with E-state index in [4.69, 9.17) is 14.6 Å². The second kappa shape index (κ2) is 7.04. The van der Waals surface area contributed by atoms with Crippen LogP contribution in [0.1, 0.15) is 39.0 Å². The summed E-state index contributed by atoms with van der Waals surface area (Å²) in [7, 11) is 0. The predicted octanol–water partition coefficient (Wildman–Crippen LogP) is 1.04. The van der Waals surface area contributed by atoms with E-state index in [-0.39, 0.29) is 24.5 Å². The van der Waals surface area contributed by atoms with Crippen LogP contribution in [0.4, 0.5) is 0 Å². The van der Waals surface area contributed by atoms with Crippen molar-refractivity contribution in [1.82, 2.24) is 4.90 Å². The van der Waals surface area contributed by atoms with Crippen molar-refractivity contribution in [3.63, 3.8) is 0 Å². The van der Waals surface area contributed by atoms with Crippen molar-refractivity contribution in [3.8, 4) is 0 Å². The zero-order valence-electron chi connectivity index (χ0n) is 11.9. The number of carbonyl (C=O) groups excluding carboxylic acids is 1. The molecule has 0 spiro atoms. The lowest BCUT2D eigenvalue weighted by atomic mass is 10.1. The van der Waals surface area contributed by atoms with Gasteiger partial charge in [-0.05, 0) is 26.2 Å². The third-order valence-electron chi connectivity index (χ3n) is 3.96. The van der Waals surface area contributed by atoms with Crippen molar-refractivity contribution in [2.75, 3.05) is 19.8 Å². The number of rotatable bonds is 5. The molecule has 2 fully saturated rings. The molecule has 0 radical (unpaired) electrons. The van der Waals surface area contributed by atoms with Crippen molar-refractivity contribution in [2.24, 2.45) is 0 Å². The van der Waals surface area contributed by atoms with Crippen LogP contribution in [-0.4, -0.2) is 59.9 Å². The van der Waals surface area contributed by atoms with Gasteiger partial charge in [-0.2, -0.15) is 0 Å². The number of hydrogen-bond acceptors (Lipinski definition) is 4. The minimum absolute atomic E-state index is 0.0164. The van der Waals surface area contributed by atoms with E-state index in [2.05, 4.69) is 0 Å². The summed E-state index contributed by atoms with van der Waals surface area (Å²) in [6.07, 6.45) is 3.62. The Bertz CT molecular complexity index is 359. The molecule has 20 heavy (non-hydrogen) atoms. The quantitative estimate of drug-likeness (QED) is 0.816. The van der Waals surface area contributed by atoms with Crippen LogP contribution >= 0.6 is 0 Å². The van der Waals surface area contributed by atoms with Crippen molar-refractivity contribution in [3.05, 3.63) is 0 Å². The molecular weight excluding hydrogens is 262 g/mol. The highest BCUT2D eigenvalue weighted by Crippen LogP contribution is 2.23. The third kappa shape index (κ3) is 4.18. The number of hydrogen-bond donors (Lipinski definition) is 1. The van der Waals surface area contributed by atoms with Gasteiger partial charge in [0.25, 0.3) is 0 Å². The Morgan fingerprint density at radius 1 is 1.35 bits per heavy atom. The monoisotopic (exact) mass is 285 g/mol. The Morgan fingerprint density at radius 3 is 2.80 bits per heavy atom. The van der Waals surface area contributed by atoms with E-state index in [1.165, 1.54) is 0 Å². The van der Waals surface area contributed by atoms with Gasteiger partial charge in [0.1, 0.15) is 0 Å². The van der Waals surface area contributed by atoms with Crippen molar-refractivity contribution in [2.45, 2.75) is 57.3 Å². The number of amides is 1. The second-order valence-electron chi connectivity index (χ2n) is 5.60. The SMILES string of the molecule is C[C@@H]1CC[C@@H](CCC(=O)N2CCOC[C@@H]2CC(=O)O)O1. The lowest BCUT2D eigenvalue weighted by Gasteiger charge is -2.35. The molecule has 0 saturated carbocycles. The van der Waals surface area contributed by atoms with E-state index >= 15 is 0 Å². The molecule has 2 saturated heterocycles. The Kier molecular flexibility index (Phi) is 5.37. The second-order valence-corrected chi connectivity index (χ2v) is 5.60. The van der Waals surface area contributed by atoms with E-state index in [9.17, 15) is 9.59 Å². The molecule has 2 heterocycles. The minimum Gasteiger partial charge on any atom is -0.481 e. The van der Waals surface area contributed by atoms with Crippen LogP contribution in [0.5, 0.6) is 0 Å². The maximum atomic E-state index is 12.3. The fourth-order valence-corrected chi connectivity index (χ4v) is 2.88. The number of carbonyl (C=O) groups is 2. The van der Waals surface area contributed by atoms with Gasteiger partial charge >= 0.3 is 5.97 Å². The molecule has 1 amide bonds. The number of morpholine rings is 1. The average molecular weight is 285 g/mol. The zero-order chi connectivity index (χ0) is 14.5. The largest absolute Gasteiger partial charge is 0.481 e. The van der Waals surface area contributed by atoms with E-state index in [0.29, 0.717) is 32.3 Å². The van der Waals surface area contributed by atoms with Gasteiger partial charge in [-0.15, -0.1) is 0 Å². The zero-order valence-corrected chi connectivity index (χ0v) is 11.9. The summed E-state index contributed by atoms with van der Waals surface area (Å²) in [6.45, 7) is 3.33. The van der Waals surface area contributed by atoms with Crippen molar-refractivity contribution < 1.29 is 24.2 Å². The van der Waals surface area contributed by atoms with Crippen molar-refractivity contribution in [1.29, 1.82) is 0 Å². The first-order chi connectivity index (χ1) is 9.56. The first-order valence-corrected chi connectivity index (χ1v) is 7.30. The first kappa shape index (κ1) is 15.3. The Hall–Kier alpha value is -1.14. The predicted molar refractivity (Wildman–Crippen MR) is 71.4 cm³/mol. The highest BCUT2D eigenvalue weighted by Gasteiger charge is 2.30. The van der Waals surface area contributed by atoms with Crippen LogP contribution in [0.2, 0.25) is 0 Å². The van der Waals surface area contributed by atoms with E-state index in [0.717, 1.165) is 19.3 Å². The number of nitrogens with zero attached hydrogens (tertiary/aromatic N) is 1. The Balaban J connectivity index is 1.81. The normalized spacial score (nSPS) is 30.4. The van der Waals surface area contributed by atoms with Crippen LogP contribution < -0.4 is 0 Å². The summed E-state index contributed by atoms with van der Waals surface area (Å²) < 4.78 is 11.0. The van der Waals surface area contributed by atoms with Gasteiger partial charge in [-0.3, -0.25) is 9.59 Å². The summed E-state index contributed by atoms with van der Waals surface area (Å²) in [5.41, 5.74) is 0. The molecule has 2 aliphatic heterocycles. The Labute approximate surface area is 119 Å². The number of aliphatic carboxylic acids is 1. The molecule has 0 aromatic heterocycles. The molecule has 0 aliphatic carbocycles. The number of ether oxygens (including phenoxy) is 2.